The fourth-order valence-electron chi connectivity index (χ4n) is 0.844. The number of rotatable bonds is 2. The van der Waals surface area contributed by atoms with E-state index in [1.807, 2.05) is 18.2 Å². The van der Waals surface area contributed by atoms with E-state index in [-0.39, 0.29) is 11.0 Å². The molecule has 0 saturated carbocycles. The minimum Gasteiger partial charge on any atom is -0.293 e. The van der Waals surface area contributed by atoms with Crippen LogP contribution in [0.1, 0.15) is 17.3 Å². The van der Waals surface area contributed by atoms with Crippen LogP contribution in [0.3, 0.4) is 0 Å². The second-order valence-electron chi connectivity index (χ2n) is 2.41. The van der Waals surface area contributed by atoms with Crippen molar-refractivity contribution in [1.82, 2.24) is 0 Å². The zero-order valence-corrected chi connectivity index (χ0v) is 7.21. The molecule has 0 radical (unpaired) electrons. The fraction of sp³-hybridized carbons (Fsp3) is 0.222. The number of hydrogen-bond acceptors (Lipinski definition) is 2. The quantitative estimate of drug-likeness (QED) is 0.526. The summed E-state index contributed by atoms with van der Waals surface area (Å²) in [5.41, 5.74) is 0.731. The number of benzene rings is 1. The molecule has 0 N–H and O–H groups in total. The highest BCUT2D eigenvalue weighted by atomic mass is 32.1. The van der Waals surface area contributed by atoms with Crippen LogP contribution < -0.4 is 0 Å². The zero-order valence-electron chi connectivity index (χ0n) is 6.32. The van der Waals surface area contributed by atoms with Crippen LogP contribution in [0.15, 0.2) is 30.3 Å². The van der Waals surface area contributed by atoms with Gasteiger partial charge in [-0.1, -0.05) is 30.3 Å². The lowest BCUT2D eigenvalue weighted by atomic mass is 10.1. The predicted octanol–water partition coefficient (Wildman–Crippen LogP) is 2.19. The maximum atomic E-state index is 11.3. The van der Waals surface area contributed by atoms with Gasteiger partial charge in [-0.05, 0) is 6.92 Å². The summed E-state index contributed by atoms with van der Waals surface area (Å²) in [5.74, 6) is 0.0777. The van der Waals surface area contributed by atoms with Crippen LogP contribution in [-0.4, -0.2) is 11.0 Å². The Bertz CT molecular complexity index is 241. The zero-order chi connectivity index (χ0) is 8.27. The molecule has 1 aromatic rings. The first-order valence-electron chi connectivity index (χ1n) is 3.49. The Morgan fingerprint density at radius 1 is 1.36 bits per heavy atom. The van der Waals surface area contributed by atoms with Crippen molar-refractivity contribution in [3.63, 3.8) is 0 Å². The second-order valence-corrected chi connectivity index (χ2v) is 3.18. The minimum atomic E-state index is -0.211. The average molecular weight is 166 g/mol. The Morgan fingerprint density at radius 2 is 1.91 bits per heavy atom. The van der Waals surface area contributed by atoms with Gasteiger partial charge in [0.1, 0.15) is 0 Å². The first kappa shape index (κ1) is 8.34. The smallest absolute Gasteiger partial charge is 0.175 e. The third kappa shape index (κ3) is 2.09. The van der Waals surface area contributed by atoms with Crippen LogP contribution in [-0.2, 0) is 0 Å². The summed E-state index contributed by atoms with van der Waals surface area (Å²) in [6, 6.07) is 9.19. The van der Waals surface area contributed by atoms with E-state index in [1.165, 1.54) is 0 Å². The van der Waals surface area contributed by atoms with E-state index in [2.05, 4.69) is 12.6 Å². The van der Waals surface area contributed by atoms with E-state index >= 15 is 0 Å². The summed E-state index contributed by atoms with van der Waals surface area (Å²) in [4.78, 5) is 11.3. The molecule has 0 aliphatic heterocycles. The van der Waals surface area contributed by atoms with Gasteiger partial charge in [0.2, 0.25) is 0 Å². The Kier molecular flexibility index (Phi) is 2.71. The second kappa shape index (κ2) is 3.58. The molecular formula is C9H10OS. The van der Waals surface area contributed by atoms with Crippen LogP contribution >= 0.6 is 12.6 Å². The SMILES string of the molecule is C[C@@H](S)C(=O)c1ccccc1. The van der Waals surface area contributed by atoms with Crippen LogP contribution in [0.25, 0.3) is 0 Å². The van der Waals surface area contributed by atoms with Gasteiger partial charge >= 0.3 is 0 Å². The number of carbonyl (C=O) groups excluding carboxylic acids is 1. The van der Waals surface area contributed by atoms with E-state index in [1.54, 1.807) is 19.1 Å². The Hall–Kier alpha value is -0.760. The summed E-state index contributed by atoms with van der Waals surface area (Å²) >= 11 is 4.05. The normalized spacial score (nSPS) is 12.5. The first-order valence-corrected chi connectivity index (χ1v) is 4.01. The fourth-order valence-corrected chi connectivity index (χ4v) is 0.993. The molecule has 11 heavy (non-hydrogen) atoms. The molecular weight excluding hydrogens is 156 g/mol. The molecule has 0 spiro atoms. The predicted molar refractivity (Wildman–Crippen MR) is 49.2 cm³/mol. The Balaban J connectivity index is 2.86. The largest absolute Gasteiger partial charge is 0.293 e. The van der Waals surface area contributed by atoms with Crippen molar-refractivity contribution in [3.8, 4) is 0 Å². The van der Waals surface area contributed by atoms with E-state index in [0.29, 0.717) is 0 Å². The van der Waals surface area contributed by atoms with Gasteiger partial charge in [-0.3, -0.25) is 4.79 Å². The third-order valence-corrected chi connectivity index (χ3v) is 1.67. The molecule has 1 rings (SSSR count). The number of thiol groups is 1. The van der Waals surface area contributed by atoms with E-state index in [0.717, 1.165) is 5.56 Å². The molecule has 0 aromatic heterocycles. The van der Waals surface area contributed by atoms with Gasteiger partial charge in [0.15, 0.2) is 5.78 Å². The van der Waals surface area contributed by atoms with E-state index in [9.17, 15) is 4.79 Å². The average Bonchev–Trinajstić information content (AvgIpc) is 2.05. The lowest BCUT2D eigenvalue weighted by molar-refractivity contribution is 0.0994. The van der Waals surface area contributed by atoms with Crippen LogP contribution in [0.5, 0.6) is 0 Å². The lowest BCUT2D eigenvalue weighted by Gasteiger charge is -2.01. The van der Waals surface area contributed by atoms with Crippen molar-refractivity contribution in [2.45, 2.75) is 12.2 Å². The van der Waals surface area contributed by atoms with Gasteiger partial charge in [-0.2, -0.15) is 12.6 Å². The Morgan fingerprint density at radius 3 is 2.36 bits per heavy atom. The summed E-state index contributed by atoms with van der Waals surface area (Å²) in [7, 11) is 0. The van der Waals surface area contributed by atoms with Crippen molar-refractivity contribution in [1.29, 1.82) is 0 Å². The van der Waals surface area contributed by atoms with Crippen molar-refractivity contribution < 1.29 is 4.79 Å². The van der Waals surface area contributed by atoms with Crippen molar-refractivity contribution in [3.05, 3.63) is 35.9 Å². The van der Waals surface area contributed by atoms with Gasteiger partial charge < -0.3 is 0 Å². The molecule has 1 aromatic carbocycles. The summed E-state index contributed by atoms with van der Waals surface area (Å²) in [6.07, 6.45) is 0. The Labute approximate surface area is 71.8 Å². The third-order valence-electron chi connectivity index (χ3n) is 1.44. The van der Waals surface area contributed by atoms with Crippen LogP contribution in [0.4, 0.5) is 0 Å². The maximum Gasteiger partial charge on any atom is 0.175 e. The maximum absolute atomic E-state index is 11.3. The van der Waals surface area contributed by atoms with Crippen molar-refractivity contribution in [2.24, 2.45) is 0 Å². The van der Waals surface area contributed by atoms with Gasteiger partial charge in [-0.15, -0.1) is 0 Å². The topological polar surface area (TPSA) is 17.1 Å². The van der Waals surface area contributed by atoms with Gasteiger partial charge in [-0.25, -0.2) is 0 Å². The summed E-state index contributed by atoms with van der Waals surface area (Å²) in [6.45, 7) is 1.78. The molecule has 1 atom stereocenters. The molecule has 0 unspecified atom stereocenters. The minimum absolute atomic E-state index is 0.0777. The monoisotopic (exact) mass is 166 g/mol. The first-order chi connectivity index (χ1) is 5.22. The molecule has 0 aliphatic rings. The molecule has 0 heterocycles. The highest BCUT2D eigenvalue weighted by molar-refractivity contribution is 7.81. The molecule has 0 aliphatic carbocycles. The van der Waals surface area contributed by atoms with Gasteiger partial charge in [0.05, 0.1) is 5.25 Å². The van der Waals surface area contributed by atoms with Crippen LogP contribution in [0, 0.1) is 0 Å². The highest BCUT2D eigenvalue weighted by Gasteiger charge is 2.08. The summed E-state index contributed by atoms with van der Waals surface area (Å²) < 4.78 is 0. The standard InChI is InChI=1S/C9H10OS/c1-7(11)9(10)8-5-3-2-4-6-8/h2-7,11H,1H3/t7-/m1/s1. The van der Waals surface area contributed by atoms with Gasteiger partial charge in [0.25, 0.3) is 0 Å². The molecule has 58 valence electrons. The van der Waals surface area contributed by atoms with Crippen LogP contribution in [0.2, 0.25) is 0 Å². The highest BCUT2D eigenvalue weighted by Crippen LogP contribution is 2.06. The van der Waals surface area contributed by atoms with Crippen molar-refractivity contribution in [2.75, 3.05) is 0 Å². The number of ketones is 1. The number of carbonyl (C=O) groups is 1. The van der Waals surface area contributed by atoms with Crippen molar-refractivity contribution >= 4 is 18.4 Å². The van der Waals surface area contributed by atoms with Gasteiger partial charge in [0, 0.05) is 5.56 Å². The molecule has 0 saturated heterocycles. The van der Waals surface area contributed by atoms with E-state index in [4.69, 9.17) is 0 Å². The molecule has 0 fully saturated rings. The molecule has 1 nitrogen and oxygen atoms in total. The molecule has 0 amide bonds. The number of Topliss-reactive ketones (excluding diaryl/α,β-unsaturated/α-hetero) is 1. The lowest BCUT2D eigenvalue weighted by Crippen LogP contribution is -2.09. The summed E-state index contributed by atoms with van der Waals surface area (Å²) in [5, 5.41) is -0.211. The number of hydrogen-bond donors (Lipinski definition) is 1. The molecule has 2 heteroatoms. The van der Waals surface area contributed by atoms with E-state index < -0.39 is 0 Å². The molecule has 0 bridgehead atoms.